The number of aromatic nitrogens is 2. The molecule has 0 aliphatic heterocycles. The second-order valence-electron chi connectivity index (χ2n) is 9.10. The van der Waals surface area contributed by atoms with E-state index in [1.165, 1.54) is 6.20 Å². The molecule has 1 heterocycles. The number of para-hydroxylation sites is 1. The molecule has 2 aliphatic carbocycles. The molecule has 0 bridgehead atoms. The summed E-state index contributed by atoms with van der Waals surface area (Å²) in [7, 11) is 0. The maximum Gasteiger partial charge on any atom is 0.307 e. The Morgan fingerprint density at radius 2 is 1.85 bits per heavy atom. The normalized spacial score (nSPS) is 23.8. The average molecular weight is 480 g/mol. The molecule has 3 atom stereocenters. The molecule has 7 nitrogen and oxygen atoms in total. The van der Waals surface area contributed by atoms with Crippen LogP contribution < -0.4 is 10.7 Å². The molecule has 0 saturated heterocycles. The smallest absolute Gasteiger partial charge is 0.307 e. The second kappa shape index (κ2) is 9.22. The summed E-state index contributed by atoms with van der Waals surface area (Å²) in [5.74, 6) is 0.450. The monoisotopic (exact) mass is 479 g/mol. The van der Waals surface area contributed by atoms with Crippen LogP contribution in [0, 0.1) is 17.8 Å². The number of benzene rings is 2. The van der Waals surface area contributed by atoms with Crippen LogP contribution in [0.2, 0.25) is 5.02 Å². The zero-order chi connectivity index (χ0) is 23.8. The number of ether oxygens (including phenoxy) is 1. The molecule has 2 fully saturated rings. The van der Waals surface area contributed by atoms with Crippen molar-refractivity contribution in [1.29, 1.82) is 0 Å². The van der Waals surface area contributed by atoms with Gasteiger partial charge >= 0.3 is 5.97 Å². The fourth-order valence-corrected chi connectivity index (χ4v) is 5.74. The van der Waals surface area contributed by atoms with Gasteiger partial charge in [-0.1, -0.05) is 23.7 Å². The summed E-state index contributed by atoms with van der Waals surface area (Å²) in [5.41, 5.74) is 1.27. The third-order valence-corrected chi connectivity index (χ3v) is 7.38. The highest BCUT2D eigenvalue weighted by atomic mass is 35.5. The Labute approximate surface area is 202 Å². The predicted molar refractivity (Wildman–Crippen MR) is 129 cm³/mol. The highest BCUT2D eigenvalue weighted by molar-refractivity contribution is 6.30. The molecule has 8 heteroatoms. The van der Waals surface area contributed by atoms with Crippen LogP contribution in [0.25, 0.3) is 10.9 Å². The maximum atomic E-state index is 12.9. The summed E-state index contributed by atoms with van der Waals surface area (Å²) in [6.07, 6.45) is 3.32. The molecule has 176 valence electrons. The molecule has 5 rings (SSSR count). The van der Waals surface area contributed by atoms with Crippen molar-refractivity contribution in [2.45, 2.75) is 38.3 Å². The molecule has 34 heavy (non-hydrogen) atoms. The van der Waals surface area contributed by atoms with Gasteiger partial charge in [-0.05, 0) is 73.9 Å². The van der Waals surface area contributed by atoms with Gasteiger partial charge in [0, 0.05) is 22.0 Å². The van der Waals surface area contributed by atoms with Crippen molar-refractivity contribution in [3.63, 3.8) is 0 Å². The Morgan fingerprint density at radius 1 is 1.15 bits per heavy atom. The van der Waals surface area contributed by atoms with E-state index < -0.39 is 0 Å². The summed E-state index contributed by atoms with van der Waals surface area (Å²) in [5, 5.41) is 8.74. The molecule has 2 aromatic carbocycles. The summed E-state index contributed by atoms with van der Waals surface area (Å²) < 4.78 is 7.14. The van der Waals surface area contributed by atoms with Gasteiger partial charge in [0.25, 0.3) is 5.91 Å². The SMILES string of the molecule is CCOC(=O)CC(NC(=O)c1ccc(Cl)cc1)C1C2CC(n3ncc(=O)c4ccccc43)CC21. The van der Waals surface area contributed by atoms with E-state index in [9.17, 15) is 14.4 Å². The summed E-state index contributed by atoms with van der Waals surface area (Å²) in [6, 6.07) is 14.1. The van der Waals surface area contributed by atoms with Crippen molar-refractivity contribution in [3.8, 4) is 0 Å². The zero-order valence-corrected chi connectivity index (χ0v) is 19.6. The first-order chi connectivity index (χ1) is 16.5. The van der Waals surface area contributed by atoms with E-state index in [4.69, 9.17) is 16.3 Å². The van der Waals surface area contributed by atoms with Crippen LogP contribution in [-0.4, -0.2) is 34.3 Å². The molecule has 1 aromatic heterocycles. The van der Waals surface area contributed by atoms with Gasteiger partial charge in [-0.2, -0.15) is 5.10 Å². The van der Waals surface area contributed by atoms with Crippen molar-refractivity contribution in [2.24, 2.45) is 17.8 Å². The van der Waals surface area contributed by atoms with Crippen molar-refractivity contribution in [1.82, 2.24) is 15.1 Å². The number of halogens is 1. The van der Waals surface area contributed by atoms with Crippen molar-refractivity contribution in [3.05, 3.63) is 75.5 Å². The number of carbonyl (C=O) groups is 2. The van der Waals surface area contributed by atoms with Gasteiger partial charge in [-0.25, -0.2) is 0 Å². The van der Waals surface area contributed by atoms with E-state index in [-0.39, 0.29) is 41.7 Å². The lowest BCUT2D eigenvalue weighted by Gasteiger charge is -2.23. The predicted octanol–water partition coefficient (Wildman–Crippen LogP) is 4.00. The Kier molecular flexibility index (Phi) is 6.13. The highest BCUT2D eigenvalue weighted by Crippen LogP contribution is 2.62. The molecular weight excluding hydrogens is 454 g/mol. The number of amides is 1. The first-order valence-corrected chi connectivity index (χ1v) is 12.0. The van der Waals surface area contributed by atoms with Gasteiger partial charge in [0.15, 0.2) is 0 Å². The van der Waals surface area contributed by atoms with Gasteiger partial charge < -0.3 is 10.1 Å². The summed E-state index contributed by atoms with van der Waals surface area (Å²) in [4.78, 5) is 37.4. The third kappa shape index (κ3) is 4.32. The molecule has 2 saturated carbocycles. The average Bonchev–Trinajstić information content (AvgIpc) is 3.32. The molecular formula is C26H26ClN3O4. The number of rotatable bonds is 7. The fourth-order valence-electron chi connectivity index (χ4n) is 5.61. The fraction of sp³-hybridized carbons (Fsp3) is 0.385. The molecule has 2 aliphatic rings. The van der Waals surface area contributed by atoms with Crippen LogP contribution in [0.3, 0.4) is 0 Å². The summed E-state index contributed by atoms with van der Waals surface area (Å²) in [6.45, 7) is 2.08. The van der Waals surface area contributed by atoms with Crippen LogP contribution in [0.5, 0.6) is 0 Å². The number of hydrogen-bond donors (Lipinski definition) is 1. The molecule has 0 radical (unpaired) electrons. The Balaban J connectivity index is 1.32. The quantitative estimate of drug-likeness (QED) is 0.517. The van der Waals surface area contributed by atoms with E-state index in [0.717, 1.165) is 18.4 Å². The number of fused-ring (bicyclic) bond motifs is 2. The van der Waals surface area contributed by atoms with E-state index in [1.807, 2.05) is 28.9 Å². The van der Waals surface area contributed by atoms with Gasteiger partial charge in [0.1, 0.15) is 0 Å². The Hall–Kier alpha value is -3.19. The van der Waals surface area contributed by atoms with Crippen LogP contribution in [0.1, 0.15) is 42.6 Å². The topological polar surface area (TPSA) is 90.3 Å². The van der Waals surface area contributed by atoms with Gasteiger partial charge in [0.2, 0.25) is 5.43 Å². The van der Waals surface area contributed by atoms with E-state index in [2.05, 4.69) is 10.4 Å². The number of carbonyl (C=O) groups excluding carboxylic acids is 2. The van der Waals surface area contributed by atoms with Crippen molar-refractivity contribution < 1.29 is 14.3 Å². The van der Waals surface area contributed by atoms with E-state index >= 15 is 0 Å². The standard InChI is InChI=1S/C26H26ClN3O4/c1-2-34-24(32)13-21(29-26(33)15-7-9-16(27)10-8-15)25-19-11-17(12-20(19)25)30-22-6-4-3-5-18(22)23(31)14-28-30/h3-10,14,17,19-21,25H,2,11-13H2,1H3,(H,29,33). The van der Waals surface area contributed by atoms with Crippen molar-refractivity contribution in [2.75, 3.05) is 6.61 Å². The number of nitrogens with zero attached hydrogens (tertiary/aromatic N) is 2. The highest BCUT2D eigenvalue weighted by Gasteiger charge is 2.59. The minimum Gasteiger partial charge on any atom is -0.466 e. The Bertz CT molecular complexity index is 1280. The molecule has 1 amide bonds. The van der Waals surface area contributed by atoms with Crippen molar-refractivity contribution >= 4 is 34.4 Å². The second-order valence-corrected chi connectivity index (χ2v) is 9.53. The third-order valence-electron chi connectivity index (χ3n) is 7.13. The molecule has 0 spiro atoms. The molecule has 3 aromatic rings. The summed E-state index contributed by atoms with van der Waals surface area (Å²) >= 11 is 5.94. The first kappa shape index (κ1) is 22.6. The van der Waals surface area contributed by atoms with Crippen LogP contribution in [0.4, 0.5) is 0 Å². The lowest BCUT2D eigenvalue weighted by molar-refractivity contribution is -0.143. The minimum atomic E-state index is -0.307. The molecule has 3 unspecified atom stereocenters. The van der Waals surface area contributed by atoms with E-state index in [1.54, 1.807) is 31.2 Å². The van der Waals surface area contributed by atoms with Gasteiger partial charge in [0.05, 0.1) is 30.8 Å². The molecule has 1 N–H and O–H groups in total. The van der Waals surface area contributed by atoms with Gasteiger partial charge in [-0.15, -0.1) is 0 Å². The van der Waals surface area contributed by atoms with Crippen LogP contribution in [-0.2, 0) is 9.53 Å². The maximum absolute atomic E-state index is 12.9. The Morgan fingerprint density at radius 3 is 2.56 bits per heavy atom. The lowest BCUT2D eigenvalue weighted by Crippen LogP contribution is -2.40. The minimum absolute atomic E-state index is 0.0766. The zero-order valence-electron chi connectivity index (χ0n) is 18.8. The lowest BCUT2D eigenvalue weighted by atomic mass is 9.98. The largest absolute Gasteiger partial charge is 0.466 e. The first-order valence-electron chi connectivity index (χ1n) is 11.6. The van der Waals surface area contributed by atoms with E-state index in [0.29, 0.717) is 34.4 Å². The number of hydrogen-bond acceptors (Lipinski definition) is 5. The number of esters is 1. The van der Waals surface area contributed by atoms with Gasteiger partial charge in [-0.3, -0.25) is 19.1 Å². The number of nitrogens with one attached hydrogen (secondary N) is 1. The van der Waals surface area contributed by atoms with Crippen LogP contribution in [0.15, 0.2) is 59.5 Å². The van der Waals surface area contributed by atoms with Crippen LogP contribution >= 0.6 is 11.6 Å².